The summed E-state index contributed by atoms with van der Waals surface area (Å²) in [6, 6.07) is 0.0175. The molecule has 0 radical (unpaired) electrons. The Morgan fingerprint density at radius 2 is 2.05 bits per heavy atom. The van der Waals surface area contributed by atoms with Crippen molar-refractivity contribution < 1.29 is 14.0 Å². The van der Waals surface area contributed by atoms with Gasteiger partial charge in [-0.05, 0) is 31.0 Å². The average Bonchev–Trinajstić information content (AvgIpc) is 2.80. The number of hydrogen-bond acceptors (Lipinski definition) is 3. The molecule has 1 aliphatic rings. The van der Waals surface area contributed by atoms with Crippen LogP contribution in [0.15, 0.2) is 12.7 Å². The van der Waals surface area contributed by atoms with Crippen molar-refractivity contribution in [2.24, 2.45) is 0 Å². The Kier molecular flexibility index (Phi) is 6.68. The molecule has 0 aromatic heterocycles. The lowest BCUT2D eigenvalue weighted by Crippen LogP contribution is -2.44. The van der Waals surface area contributed by atoms with Gasteiger partial charge in [0.1, 0.15) is 0 Å². The van der Waals surface area contributed by atoms with E-state index in [2.05, 4.69) is 47.4 Å². The highest BCUT2D eigenvalue weighted by molar-refractivity contribution is 6.74. The van der Waals surface area contributed by atoms with Crippen molar-refractivity contribution >= 4 is 14.4 Å². The number of ether oxygens (including phenoxy) is 1. The third-order valence-electron chi connectivity index (χ3n) is 4.80. The van der Waals surface area contributed by atoms with E-state index in [0.717, 1.165) is 19.3 Å². The topological polar surface area (TPSA) is 38.8 Å². The molecule has 1 fully saturated rings. The van der Waals surface area contributed by atoms with E-state index in [1.54, 1.807) is 4.90 Å². The first-order chi connectivity index (χ1) is 10.1. The maximum atomic E-state index is 12.2. The summed E-state index contributed by atoms with van der Waals surface area (Å²) in [5, 5.41) is 0.172. The SMILES string of the molecule is C=CC1CC(O[Si](C)(C)C(C)(C)C)CN1C(=O)OCCCC. The quantitative estimate of drug-likeness (QED) is 0.407. The van der Waals surface area contributed by atoms with Crippen molar-refractivity contribution in [2.75, 3.05) is 13.2 Å². The van der Waals surface area contributed by atoms with Crippen molar-refractivity contribution in [1.29, 1.82) is 0 Å². The molecule has 0 N–H and O–H groups in total. The minimum absolute atomic E-state index is 0.0175. The van der Waals surface area contributed by atoms with Crippen molar-refractivity contribution in [1.82, 2.24) is 4.90 Å². The molecule has 0 aromatic carbocycles. The van der Waals surface area contributed by atoms with Gasteiger partial charge in [-0.3, -0.25) is 4.90 Å². The van der Waals surface area contributed by atoms with E-state index in [9.17, 15) is 4.79 Å². The zero-order chi connectivity index (χ0) is 17.0. The molecule has 1 heterocycles. The van der Waals surface area contributed by atoms with Crippen molar-refractivity contribution in [3.05, 3.63) is 12.7 Å². The molecule has 0 bridgehead atoms. The third kappa shape index (κ3) is 4.85. The lowest BCUT2D eigenvalue weighted by Gasteiger charge is -2.38. The van der Waals surface area contributed by atoms with Gasteiger partial charge in [-0.25, -0.2) is 4.79 Å². The molecule has 5 heteroatoms. The predicted octanol–water partition coefficient (Wildman–Crippen LogP) is 4.57. The summed E-state index contributed by atoms with van der Waals surface area (Å²) < 4.78 is 11.8. The molecule has 0 aliphatic carbocycles. The van der Waals surface area contributed by atoms with Gasteiger partial charge in [0.05, 0.1) is 18.8 Å². The van der Waals surface area contributed by atoms with Crippen LogP contribution in [0.2, 0.25) is 18.1 Å². The van der Waals surface area contributed by atoms with E-state index >= 15 is 0 Å². The molecule has 2 unspecified atom stereocenters. The third-order valence-corrected chi connectivity index (χ3v) is 9.34. The van der Waals surface area contributed by atoms with E-state index in [1.165, 1.54) is 0 Å². The lowest BCUT2D eigenvalue weighted by molar-refractivity contribution is 0.0973. The maximum absolute atomic E-state index is 12.2. The number of carbonyl (C=O) groups excluding carboxylic acids is 1. The van der Waals surface area contributed by atoms with Crippen molar-refractivity contribution in [2.45, 2.75) is 77.2 Å². The van der Waals surface area contributed by atoms with Gasteiger partial charge in [0.2, 0.25) is 0 Å². The van der Waals surface area contributed by atoms with Crippen molar-refractivity contribution in [3.63, 3.8) is 0 Å². The Balaban J connectivity index is 2.65. The number of amides is 1. The molecule has 0 aromatic rings. The summed E-state index contributed by atoms with van der Waals surface area (Å²) in [5.41, 5.74) is 0. The first-order valence-corrected chi connectivity index (χ1v) is 11.3. The number of carbonyl (C=O) groups is 1. The van der Waals surface area contributed by atoms with Gasteiger partial charge in [-0.15, -0.1) is 6.58 Å². The smallest absolute Gasteiger partial charge is 0.410 e. The normalized spacial score (nSPS) is 22.7. The zero-order valence-electron chi connectivity index (χ0n) is 15.1. The first kappa shape index (κ1) is 19.2. The maximum Gasteiger partial charge on any atom is 0.410 e. The summed E-state index contributed by atoms with van der Waals surface area (Å²) in [6.07, 6.45) is 4.43. The lowest BCUT2D eigenvalue weighted by atomic mass is 10.2. The van der Waals surface area contributed by atoms with Gasteiger partial charge >= 0.3 is 6.09 Å². The van der Waals surface area contributed by atoms with Crippen LogP contribution in [0.5, 0.6) is 0 Å². The summed E-state index contributed by atoms with van der Waals surface area (Å²) in [5.74, 6) is 0. The monoisotopic (exact) mass is 327 g/mol. The summed E-state index contributed by atoms with van der Waals surface area (Å²) >= 11 is 0. The largest absolute Gasteiger partial charge is 0.449 e. The molecular formula is C17H33NO3Si. The standard InChI is InChI=1S/C17H33NO3Si/c1-8-10-11-20-16(19)18-13-15(12-14(18)9-2)21-22(6,7)17(3,4)5/h9,14-15H,2,8,10-13H2,1,3-7H3. The van der Waals surface area contributed by atoms with Gasteiger partial charge in [0.25, 0.3) is 0 Å². The second kappa shape index (κ2) is 7.64. The van der Waals surface area contributed by atoms with Crippen LogP contribution in [-0.4, -0.2) is 44.6 Å². The van der Waals surface area contributed by atoms with Crippen LogP contribution in [0.4, 0.5) is 4.79 Å². The number of rotatable bonds is 6. The molecule has 0 spiro atoms. The Morgan fingerprint density at radius 3 is 2.55 bits per heavy atom. The molecule has 1 aliphatic heterocycles. The summed E-state index contributed by atoms with van der Waals surface area (Å²) in [7, 11) is -1.82. The minimum atomic E-state index is -1.82. The second-order valence-corrected chi connectivity index (χ2v) is 12.4. The molecule has 1 rings (SSSR count). The zero-order valence-corrected chi connectivity index (χ0v) is 16.1. The molecule has 1 amide bonds. The van der Waals surface area contributed by atoms with Crippen LogP contribution >= 0.6 is 0 Å². The highest BCUT2D eigenvalue weighted by Crippen LogP contribution is 2.39. The van der Waals surface area contributed by atoms with Gasteiger partial charge in [-0.1, -0.05) is 40.2 Å². The van der Waals surface area contributed by atoms with E-state index in [0.29, 0.717) is 13.2 Å². The molecular weight excluding hydrogens is 294 g/mol. The van der Waals surface area contributed by atoms with E-state index < -0.39 is 8.32 Å². The molecule has 4 nitrogen and oxygen atoms in total. The summed E-state index contributed by atoms with van der Waals surface area (Å²) in [6.45, 7) is 18.2. The minimum Gasteiger partial charge on any atom is -0.449 e. The van der Waals surface area contributed by atoms with Crippen LogP contribution in [0.25, 0.3) is 0 Å². The Bertz CT molecular complexity index is 390. The Hall–Kier alpha value is -0.813. The second-order valence-electron chi connectivity index (χ2n) is 7.66. The van der Waals surface area contributed by atoms with Crippen LogP contribution in [0.1, 0.15) is 47.0 Å². The van der Waals surface area contributed by atoms with Gasteiger partial charge in [0.15, 0.2) is 8.32 Å². The fourth-order valence-corrected chi connectivity index (χ4v) is 3.68. The predicted molar refractivity (Wildman–Crippen MR) is 93.6 cm³/mol. The molecule has 1 saturated heterocycles. The summed E-state index contributed by atoms with van der Waals surface area (Å²) in [4.78, 5) is 14.0. The van der Waals surface area contributed by atoms with Gasteiger partial charge in [-0.2, -0.15) is 0 Å². The highest BCUT2D eigenvalue weighted by Gasteiger charge is 2.43. The van der Waals surface area contributed by atoms with E-state index in [4.69, 9.17) is 9.16 Å². The van der Waals surface area contributed by atoms with Gasteiger partial charge < -0.3 is 9.16 Å². The fraction of sp³-hybridized carbons (Fsp3) is 0.824. The Labute approximate surface area is 137 Å². The number of hydrogen-bond donors (Lipinski definition) is 0. The Morgan fingerprint density at radius 1 is 1.41 bits per heavy atom. The van der Waals surface area contributed by atoms with E-state index in [-0.39, 0.29) is 23.3 Å². The van der Waals surface area contributed by atoms with E-state index in [1.807, 2.05) is 6.08 Å². The number of unbranched alkanes of at least 4 members (excludes halogenated alkanes) is 1. The number of likely N-dealkylation sites (tertiary alicyclic amines) is 1. The average molecular weight is 328 g/mol. The molecule has 22 heavy (non-hydrogen) atoms. The van der Waals surface area contributed by atoms with Crippen LogP contribution < -0.4 is 0 Å². The fourth-order valence-electron chi connectivity index (χ4n) is 2.32. The van der Waals surface area contributed by atoms with Crippen molar-refractivity contribution in [3.8, 4) is 0 Å². The highest BCUT2D eigenvalue weighted by atomic mass is 28.4. The number of nitrogens with zero attached hydrogens (tertiary/aromatic N) is 1. The van der Waals surface area contributed by atoms with Gasteiger partial charge in [0, 0.05) is 6.54 Å². The van der Waals surface area contributed by atoms with Crippen LogP contribution in [0, 0.1) is 0 Å². The molecule has 2 atom stereocenters. The van der Waals surface area contributed by atoms with Crippen LogP contribution in [-0.2, 0) is 9.16 Å². The first-order valence-electron chi connectivity index (χ1n) is 8.36. The molecule has 0 saturated carbocycles. The van der Waals surface area contributed by atoms with Crippen LogP contribution in [0.3, 0.4) is 0 Å². The molecule has 128 valence electrons.